The zero-order valence-electron chi connectivity index (χ0n) is 17.1. The minimum Gasteiger partial charge on any atom is -0.268 e. The summed E-state index contributed by atoms with van der Waals surface area (Å²) in [5.41, 5.74) is 1.44. The molecular formula is C24H17ClN2O4S2. The molecule has 3 aromatic rings. The van der Waals surface area contributed by atoms with Crippen LogP contribution in [-0.4, -0.2) is 27.5 Å². The number of thioether (sulfide) groups is 1. The third-order valence-corrected chi connectivity index (χ3v) is 7.09. The lowest BCUT2D eigenvalue weighted by Crippen LogP contribution is -2.30. The number of nitro groups is 1. The fraction of sp³-hybridized carbons (Fsp3) is 0.0833. The van der Waals surface area contributed by atoms with E-state index in [1.165, 1.54) is 28.8 Å². The Hall–Kier alpha value is -3.07. The molecule has 1 fully saturated rings. The van der Waals surface area contributed by atoms with Gasteiger partial charge < -0.3 is 0 Å². The first-order valence-corrected chi connectivity index (χ1v) is 11.9. The molecule has 0 radical (unpaired) electrons. The van der Waals surface area contributed by atoms with Crippen molar-refractivity contribution >= 4 is 58.0 Å². The summed E-state index contributed by atoms with van der Waals surface area (Å²) >= 11 is 8.00. The molecule has 9 heteroatoms. The van der Waals surface area contributed by atoms with Crippen LogP contribution in [0.5, 0.6) is 0 Å². The van der Waals surface area contributed by atoms with Crippen LogP contribution in [0.25, 0.3) is 6.08 Å². The minimum atomic E-state index is -0.457. The number of nitro benzene ring substituents is 1. The van der Waals surface area contributed by atoms with Crippen molar-refractivity contribution in [3.63, 3.8) is 0 Å². The highest BCUT2D eigenvalue weighted by Crippen LogP contribution is 2.37. The van der Waals surface area contributed by atoms with Gasteiger partial charge in [-0.2, -0.15) is 0 Å². The molecule has 3 aromatic carbocycles. The van der Waals surface area contributed by atoms with Crippen LogP contribution in [0.4, 0.5) is 10.5 Å². The Balaban J connectivity index is 1.52. The highest BCUT2D eigenvalue weighted by Gasteiger charge is 2.34. The first-order valence-electron chi connectivity index (χ1n) is 9.92. The van der Waals surface area contributed by atoms with Gasteiger partial charge in [0.2, 0.25) is 0 Å². The summed E-state index contributed by atoms with van der Waals surface area (Å²) in [6, 6.07) is 21.4. The van der Waals surface area contributed by atoms with E-state index in [1.54, 1.807) is 36.4 Å². The number of amides is 2. The molecule has 1 heterocycles. The zero-order chi connectivity index (χ0) is 23.4. The van der Waals surface area contributed by atoms with Gasteiger partial charge >= 0.3 is 0 Å². The fourth-order valence-electron chi connectivity index (χ4n) is 3.21. The monoisotopic (exact) mass is 496 g/mol. The van der Waals surface area contributed by atoms with Crippen LogP contribution in [0.2, 0.25) is 5.02 Å². The van der Waals surface area contributed by atoms with Crippen molar-refractivity contribution in [2.24, 2.45) is 0 Å². The van der Waals surface area contributed by atoms with Crippen LogP contribution >= 0.6 is 35.1 Å². The molecule has 1 aliphatic heterocycles. The van der Waals surface area contributed by atoms with Gasteiger partial charge in [0.15, 0.2) is 0 Å². The van der Waals surface area contributed by atoms with Crippen LogP contribution in [0.15, 0.2) is 87.5 Å². The molecule has 4 rings (SSSR count). The van der Waals surface area contributed by atoms with E-state index in [4.69, 9.17) is 11.6 Å². The molecule has 0 saturated carbocycles. The molecule has 0 bridgehead atoms. The van der Waals surface area contributed by atoms with Gasteiger partial charge in [-0.3, -0.25) is 24.6 Å². The van der Waals surface area contributed by atoms with Gasteiger partial charge in [0.25, 0.3) is 16.8 Å². The molecule has 33 heavy (non-hydrogen) atoms. The second kappa shape index (κ2) is 10.2. The van der Waals surface area contributed by atoms with E-state index < -0.39 is 4.92 Å². The average Bonchev–Trinajstić information content (AvgIpc) is 3.07. The summed E-state index contributed by atoms with van der Waals surface area (Å²) in [6.45, 7) is 0.281. The van der Waals surface area contributed by atoms with Crippen molar-refractivity contribution in [1.29, 1.82) is 0 Å². The summed E-state index contributed by atoms with van der Waals surface area (Å²) in [7, 11) is 0. The van der Waals surface area contributed by atoms with Gasteiger partial charge in [-0.15, -0.1) is 0 Å². The third-order valence-electron chi connectivity index (χ3n) is 4.86. The van der Waals surface area contributed by atoms with Crippen molar-refractivity contribution in [2.75, 3.05) is 6.54 Å². The summed E-state index contributed by atoms with van der Waals surface area (Å²) in [6.07, 6.45) is 2.09. The number of imide groups is 1. The number of nitrogens with zero attached hydrogens (tertiary/aromatic N) is 2. The summed E-state index contributed by atoms with van der Waals surface area (Å²) < 4.78 is 0. The predicted molar refractivity (Wildman–Crippen MR) is 131 cm³/mol. The van der Waals surface area contributed by atoms with E-state index in [1.807, 2.05) is 30.3 Å². The highest BCUT2D eigenvalue weighted by atomic mass is 35.5. The van der Waals surface area contributed by atoms with Crippen LogP contribution in [-0.2, 0) is 11.2 Å². The van der Waals surface area contributed by atoms with E-state index in [0.717, 1.165) is 22.2 Å². The van der Waals surface area contributed by atoms with Gasteiger partial charge in [-0.25, -0.2) is 0 Å². The van der Waals surface area contributed by atoms with Gasteiger partial charge in [0, 0.05) is 22.5 Å². The van der Waals surface area contributed by atoms with Crippen molar-refractivity contribution in [3.05, 3.63) is 104 Å². The fourth-order valence-corrected chi connectivity index (χ4v) is 5.10. The molecule has 0 spiro atoms. The Bertz CT molecular complexity index is 1250. The van der Waals surface area contributed by atoms with E-state index in [-0.39, 0.29) is 28.3 Å². The maximum absolute atomic E-state index is 12.8. The van der Waals surface area contributed by atoms with Crippen molar-refractivity contribution < 1.29 is 14.5 Å². The first-order chi connectivity index (χ1) is 15.9. The summed E-state index contributed by atoms with van der Waals surface area (Å²) in [5, 5.41) is 11.9. The van der Waals surface area contributed by atoms with E-state index >= 15 is 0 Å². The lowest BCUT2D eigenvalue weighted by Gasteiger charge is -2.12. The Labute approximate surface area is 203 Å². The second-order valence-electron chi connectivity index (χ2n) is 7.11. The van der Waals surface area contributed by atoms with Crippen LogP contribution < -0.4 is 0 Å². The van der Waals surface area contributed by atoms with Crippen LogP contribution in [0.3, 0.4) is 0 Å². The molecule has 6 nitrogen and oxygen atoms in total. The molecule has 166 valence electrons. The highest BCUT2D eigenvalue weighted by molar-refractivity contribution is 8.18. The Morgan fingerprint density at radius 3 is 2.45 bits per heavy atom. The Morgan fingerprint density at radius 2 is 1.76 bits per heavy atom. The SMILES string of the molecule is O=C1S/C(=C\c2ccc(Sc3ccc(Cl)cc3)c([N+](=O)[O-])c2)C(=O)N1CCc1ccccc1. The smallest absolute Gasteiger partial charge is 0.268 e. The van der Waals surface area contributed by atoms with Gasteiger partial charge in [-0.05, 0) is 65.7 Å². The van der Waals surface area contributed by atoms with Gasteiger partial charge in [0.1, 0.15) is 0 Å². The number of rotatable bonds is 7. The lowest BCUT2D eigenvalue weighted by atomic mass is 10.1. The Kier molecular flexibility index (Phi) is 7.17. The maximum Gasteiger partial charge on any atom is 0.293 e. The van der Waals surface area contributed by atoms with Crippen molar-refractivity contribution in [2.45, 2.75) is 16.2 Å². The molecule has 0 aromatic heterocycles. The lowest BCUT2D eigenvalue weighted by molar-refractivity contribution is -0.387. The van der Waals surface area contributed by atoms with Crippen LogP contribution in [0.1, 0.15) is 11.1 Å². The van der Waals surface area contributed by atoms with Crippen LogP contribution in [0, 0.1) is 10.1 Å². The van der Waals surface area contributed by atoms with E-state index in [0.29, 0.717) is 21.9 Å². The zero-order valence-corrected chi connectivity index (χ0v) is 19.5. The van der Waals surface area contributed by atoms with E-state index in [2.05, 4.69) is 0 Å². The first kappa shape index (κ1) is 23.1. The standard InChI is InChI=1S/C24H17ClN2O4S2/c25-18-7-9-19(10-8-18)32-21-11-6-17(14-20(21)27(30)31)15-22-23(28)26(24(29)33-22)13-12-16-4-2-1-3-5-16/h1-11,14-15H,12-13H2/b22-15-. The largest absolute Gasteiger partial charge is 0.293 e. The molecule has 1 saturated heterocycles. The number of hydrogen-bond donors (Lipinski definition) is 0. The number of carbonyl (C=O) groups is 2. The molecule has 1 aliphatic rings. The van der Waals surface area contributed by atoms with E-state index in [9.17, 15) is 19.7 Å². The summed E-state index contributed by atoms with van der Waals surface area (Å²) in [4.78, 5) is 39.1. The number of carbonyl (C=O) groups excluding carboxylic acids is 2. The minimum absolute atomic E-state index is 0.0768. The second-order valence-corrected chi connectivity index (χ2v) is 9.65. The van der Waals surface area contributed by atoms with Gasteiger partial charge in [-0.1, -0.05) is 59.8 Å². The topological polar surface area (TPSA) is 80.5 Å². The quantitative estimate of drug-likeness (QED) is 0.206. The van der Waals surface area contributed by atoms with Gasteiger partial charge in [0.05, 0.1) is 14.7 Å². The normalized spacial score (nSPS) is 14.8. The Morgan fingerprint density at radius 1 is 1.03 bits per heavy atom. The van der Waals surface area contributed by atoms with Crippen molar-refractivity contribution in [1.82, 2.24) is 4.90 Å². The third kappa shape index (κ3) is 5.65. The molecule has 0 aliphatic carbocycles. The summed E-state index contributed by atoms with van der Waals surface area (Å²) in [5.74, 6) is -0.386. The molecule has 0 unspecified atom stereocenters. The molecule has 2 amide bonds. The number of hydrogen-bond acceptors (Lipinski definition) is 6. The van der Waals surface area contributed by atoms with Crippen molar-refractivity contribution in [3.8, 4) is 0 Å². The number of benzene rings is 3. The average molecular weight is 497 g/mol. The molecule has 0 N–H and O–H groups in total. The number of halogens is 1. The maximum atomic E-state index is 12.8. The molecular weight excluding hydrogens is 480 g/mol. The predicted octanol–water partition coefficient (Wildman–Crippen LogP) is 6.68. The molecule has 0 atom stereocenters.